The van der Waals surface area contributed by atoms with Crippen molar-refractivity contribution in [3.63, 3.8) is 0 Å². The van der Waals surface area contributed by atoms with Gasteiger partial charge in [-0.1, -0.05) is 12.1 Å². The third-order valence-electron chi connectivity index (χ3n) is 6.17. The molecule has 2 amide bonds. The Morgan fingerprint density at radius 1 is 0.944 bits per heavy atom. The third-order valence-corrected chi connectivity index (χ3v) is 6.17. The first-order valence-electron chi connectivity index (χ1n) is 11.9. The van der Waals surface area contributed by atoms with Gasteiger partial charge in [0, 0.05) is 36.3 Å². The molecule has 2 fully saturated rings. The summed E-state index contributed by atoms with van der Waals surface area (Å²) in [6, 6.07) is 12.7. The molecule has 4 heterocycles. The van der Waals surface area contributed by atoms with Crippen LogP contribution in [0.5, 0.6) is 0 Å². The number of benzene rings is 1. The molecule has 1 aliphatic carbocycles. The van der Waals surface area contributed by atoms with E-state index in [0.717, 1.165) is 37.3 Å². The molecule has 0 bridgehead atoms. The van der Waals surface area contributed by atoms with Gasteiger partial charge in [-0.2, -0.15) is 4.98 Å². The zero-order valence-corrected chi connectivity index (χ0v) is 19.4. The summed E-state index contributed by atoms with van der Waals surface area (Å²) in [6.45, 7) is 3.00. The van der Waals surface area contributed by atoms with Crippen LogP contribution in [0.2, 0.25) is 0 Å². The van der Waals surface area contributed by atoms with E-state index in [2.05, 4.69) is 35.6 Å². The van der Waals surface area contributed by atoms with Gasteiger partial charge in [0.05, 0.1) is 30.8 Å². The molecule has 0 radical (unpaired) electrons. The highest BCUT2D eigenvalue weighted by atomic mass is 16.5. The summed E-state index contributed by atoms with van der Waals surface area (Å²) >= 11 is 0. The van der Waals surface area contributed by atoms with Crippen LogP contribution in [0.1, 0.15) is 23.2 Å². The highest BCUT2D eigenvalue weighted by Crippen LogP contribution is 2.29. The predicted molar refractivity (Wildman–Crippen MR) is 133 cm³/mol. The van der Waals surface area contributed by atoms with Gasteiger partial charge in [0.15, 0.2) is 0 Å². The molecule has 1 aromatic carbocycles. The Balaban J connectivity index is 1.11. The second-order valence-electron chi connectivity index (χ2n) is 8.79. The minimum atomic E-state index is -0.223. The van der Waals surface area contributed by atoms with E-state index in [9.17, 15) is 9.59 Å². The first-order valence-corrected chi connectivity index (χ1v) is 11.9. The van der Waals surface area contributed by atoms with Gasteiger partial charge in [-0.25, -0.2) is 14.5 Å². The topological polar surface area (TPSA) is 127 Å². The van der Waals surface area contributed by atoms with E-state index in [0.29, 0.717) is 35.9 Å². The first kappa shape index (κ1) is 22.1. The molecule has 1 saturated carbocycles. The second kappa shape index (κ2) is 9.34. The largest absolute Gasteiger partial charge is 0.378 e. The van der Waals surface area contributed by atoms with Crippen molar-refractivity contribution >= 4 is 35.0 Å². The van der Waals surface area contributed by atoms with Crippen molar-refractivity contribution in [1.29, 1.82) is 0 Å². The van der Waals surface area contributed by atoms with Gasteiger partial charge in [0.25, 0.3) is 17.6 Å². The summed E-state index contributed by atoms with van der Waals surface area (Å²) in [5.41, 5.74) is 2.66. The number of pyridine rings is 1. The van der Waals surface area contributed by atoms with Crippen LogP contribution < -0.4 is 15.5 Å². The summed E-state index contributed by atoms with van der Waals surface area (Å²) in [4.78, 5) is 40.2. The van der Waals surface area contributed by atoms with Crippen LogP contribution in [0.3, 0.4) is 0 Å². The van der Waals surface area contributed by atoms with Gasteiger partial charge in [0.2, 0.25) is 5.91 Å². The molecule has 4 aromatic rings. The van der Waals surface area contributed by atoms with Crippen LogP contribution in [0.15, 0.2) is 54.9 Å². The Bertz CT molecular complexity index is 1410. The standard InChI is InChI=1S/C25H24N8O3/c34-22(27-19-7-8-21(26-15-19)32-11-13-36-14-12-32)17-3-1-16(2-4-17)20-9-10-33-25(28-20)30-24(31-33)29-23(35)18-5-6-18/h1-4,7-10,15,18H,5-6,11-14H2,(H,27,34)(H,29,31,35). The number of morpholine rings is 1. The minimum absolute atomic E-state index is 0.0520. The van der Waals surface area contributed by atoms with E-state index in [4.69, 9.17) is 4.74 Å². The fourth-order valence-electron chi connectivity index (χ4n) is 3.98. The number of nitrogens with zero attached hydrogens (tertiary/aromatic N) is 6. The van der Waals surface area contributed by atoms with Gasteiger partial charge in [-0.3, -0.25) is 14.9 Å². The highest BCUT2D eigenvalue weighted by Gasteiger charge is 2.30. The first-order chi connectivity index (χ1) is 17.6. The summed E-state index contributed by atoms with van der Waals surface area (Å²) in [5.74, 6) is 1.30. The quantitative estimate of drug-likeness (QED) is 0.428. The van der Waals surface area contributed by atoms with Gasteiger partial charge in [0.1, 0.15) is 5.82 Å². The Hall–Kier alpha value is -4.38. The van der Waals surface area contributed by atoms with Crippen molar-refractivity contribution in [2.45, 2.75) is 12.8 Å². The SMILES string of the molecule is O=C(Nc1ccc(N2CCOCC2)nc1)c1ccc(-c2ccn3nc(NC(=O)C4CC4)nc3n2)cc1. The summed E-state index contributed by atoms with van der Waals surface area (Å²) < 4.78 is 6.89. The molecule has 0 atom stereocenters. The lowest BCUT2D eigenvalue weighted by atomic mass is 10.1. The lowest BCUT2D eigenvalue weighted by molar-refractivity contribution is -0.117. The van der Waals surface area contributed by atoms with Gasteiger partial charge in [-0.15, -0.1) is 5.10 Å². The maximum absolute atomic E-state index is 12.7. The molecule has 11 heteroatoms. The molecule has 182 valence electrons. The monoisotopic (exact) mass is 484 g/mol. The molecule has 2 N–H and O–H groups in total. The van der Waals surface area contributed by atoms with Crippen molar-refractivity contribution in [2.24, 2.45) is 5.92 Å². The molecule has 36 heavy (non-hydrogen) atoms. The molecule has 0 spiro atoms. The fraction of sp³-hybridized carbons (Fsp3) is 0.280. The van der Waals surface area contributed by atoms with Crippen molar-refractivity contribution in [2.75, 3.05) is 41.8 Å². The molecule has 1 aliphatic heterocycles. The van der Waals surface area contributed by atoms with Gasteiger partial charge < -0.3 is 15.0 Å². The second-order valence-corrected chi connectivity index (χ2v) is 8.79. The average molecular weight is 485 g/mol. The highest BCUT2D eigenvalue weighted by molar-refractivity contribution is 6.04. The third kappa shape index (κ3) is 4.73. The number of carbonyl (C=O) groups excluding carboxylic acids is 2. The van der Waals surface area contributed by atoms with Crippen LogP contribution in [-0.2, 0) is 9.53 Å². The molecule has 11 nitrogen and oxygen atoms in total. The molecule has 0 unspecified atom stereocenters. The normalized spacial score (nSPS) is 15.6. The van der Waals surface area contributed by atoms with Crippen LogP contribution in [0.25, 0.3) is 17.0 Å². The number of nitrogens with one attached hydrogen (secondary N) is 2. The lowest BCUT2D eigenvalue weighted by Crippen LogP contribution is -2.36. The number of hydrogen-bond acceptors (Lipinski definition) is 8. The Labute approximate surface area is 206 Å². The van der Waals surface area contributed by atoms with Crippen molar-refractivity contribution in [1.82, 2.24) is 24.6 Å². The van der Waals surface area contributed by atoms with Crippen LogP contribution in [-0.4, -0.2) is 62.7 Å². The van der Waals surface area contributed by atoms with E-state index in [1.54, 1.807) is 24.5 Å². The summed E-state index contributed by atoms with van der Waals surface area (Å²) in [7, 11) is 0. The van der Waals surface area contributed by atoms with Crippen molar-refractivity contribution < 1.29 is 14.3 Å². The molecule has 3 aromatic heterocycles. The average Bonchev–Trinajstić information content (AvgIpc) is 3.70. The van der Waals surface area contributed by atoms with Gasteiger partial charge in [-0.05, 0) is 43.2 Å². The van der Waals surface area contributed by atoms with Crippen LogP contribution in [0.4, 0.5) is 17.5 Å². The van der Waals surface area contributed by atoms with E-state index >= 15 is 0 Å². The number of aromatic nitrogens is 5. The predicted octanol–water partition coefficient (Wildman–Crippen LogP) is 2.62. The number of amides is 2. The van der Waals surface area contributed by atoms with Crippen molar-refractivity contribution in [3.8, 4) is 11.3 Å². The van der Waals surface area contributed by atoms with Crippen LogP contribution >= 0.6 is 0 Å². The Kier molecular flexibility index (Phi) is 5.74. The number of hydrogen-bond donors (Lipinski definition) is 2. The molecular weight excluding hydrogens is 460 g/mol. The number of ether oxygens (including phenoxy) is 1. The smallest absolute Gasteiger partial charge is 0.255 e. The summed E-state index contributed by atoms with van der Waals surface area (Å²) in [5, 5.41) is 9.87. The number of rotatable bonds is 6. The minimum Gasteiger partial charge on any atom is -0.378 e. The summed E-state index contributed by atoms with van der Waals surface area (Å²) in [6.07, 6.45) is 5.23. The van der Waals surface area contributed by atoms with E-state index in [-0.39, 0.29) is 23.7 Å². The fourth-order valence-corrected chi connectivity index (χ4v) is 3.98. The van der Waals surface area contributed by atoms with E-state index in [1.807, 2.05) is 30.3 Å². The number of fused-ring (bicyclic) bond motifs is 1. The molecule has 2 aliphatic rings. The maximum Gasteiger partial charge on any atom is 0.255 e. The van der Waals surface area contributed by atoms with Crippen molar-refractivity contribution in [3.05, 3.63) is 60.4 Å². The zero-order chi connectivity index (χ0) is 24.5. The Morgan fingerprint density at radius 2 is 1.75 bits per heavy atom. The molecule has 6 rings (SSSR count). The number of carbonyl (C=O) groups is 2. The molecular formula is C25H24N8O3. The van der Waals surface area contributed by atoms with E-state index in [1.165, 1.54) is 4.52 Å². The lowest BCUT2D eigenvalue weighted by Gasteiger charge is -2.27. The maximum atomic E-state index is 12.7. The zero-order valence-electron chi connectivity index (χ0n) is 19.4. The Morgan fingerprint density at radius 3 is 2.47 bits per heavy atom. The van der Waals surface area contributed by atoms with Crippen LogP contribution in [0, 0.1) is 5.92 Å². The number of anilines is 3. The van der Waals surface area contributed by atoms with E-state index < -0.39 is 0 Å². The molecule has 1 saturated heterocycles. The van der Waals surface area contributed by atoms with Gasteiger partial charge >= 0.3 is 0 Å².